The Bertz CT molecular complexity index is 918. The van der Waals surface area contributed by atoms with E-state index in [2.05, 4.69) is 20.6 Å². The molecule has 0 saturated carbocycles. The first kappa shape index (κ1) is 18.1. The minimum Gasteiger partial charge on any atom is -0.483 e. The second-order valence-electron chi connectivity index (χ2n) is 6.17. The number of nitrogens with one attached hydrogen (secondary N) is 1. The van der Waals surface area contributed by atoms with Crippen LogP contribution in [0.1, 0.15) is 34.7 Å². The van der Waals surface area contributed by atoms with Crippen LogP contribution in [0.3, 0.4) is 0 Å². The first-order chi connectivity index (χ1) is 12.4. The summed E-state index contributed by atoms with van der Waals surface area (Å²) in [6.07, 6.45) is 3.26. The lowest BCUT2D eigenvalue weighted by Crippen LogP contribution is -2.18. The van der Waals surface area contributed by atoms with Crippen molar-refractivity contribution in [3.05, 3.63) is 52.3 Å². The Morgan fingerprint density at radius 1 is 1.31 bits per heavy atom. The number of nitrogens with zero attached hydrogens (tertiary/aromatic N) is 4. The summed E-state index contributed by atoms with van der Waals surface area (Å²) in [5, 5.41) is 16.2. The van der Waals surface area contributed by atoms with E-state index in [9.17, 15) is 4.79 Å². The van der Waals surface area contributed by atoms with Gasteiger partial charge in [0.25, 0.3) is 0 Å². The fourth-order valence-electron chi connectivity index (χ4n) is 2.40. The minimum atomic E-state index is -0.257. The molecule has 0 fully saturated rings. The van der Waals surface area contributed by atoms with Crippen LogP contribution in [0.5, 0.6) is 5.75 Å². The zero-order chi connectivity index (χ0) is 18.7. The molecular formula is C18H21N5O2S. The molecule has 0 aliphatic carbocycles. The highest BCUT2D eigenvalue weighted by Gasteiger charge is 2.16. The van der Waals surface area contributed by atoms with Crippen LogP contribution < -0.4 is 10.1 Å². The van der Waals surface area contributed by atoms with Crippen LogP contribution in [0.2, 0.25) is 0 Å². The Morgan fingerprint density at radius 2 is 2.12 bits per heavy atom. The van der Waals surface area contributed by atoms with Crippen LogP contribution in [0, 0.1) is 20.8 Å². The zero-order valence-electron chi connectivity index (χ0n) is 15.2. The maximum absolute atomic E-state index is 12.1. The predicted octanol–water partition coefficient (Wildman–Crippen LogP) is 3.44. The first-order valence-electron chi connectivity index (χ1n) is 8.27. The van der Waals surface area contributed by atoms with E-state index in [1.165, 1.54) is 16.9 Å². The molecule has 2 aromatic heterocycles. The maximum atomic E-state index is 12.1. The van der Waals surface area contributed by atoms with Gasteiger partial charge < -0.3 is 4.74 Å². The van der Waals surface area contributed by atoms with Gasteiger partial charge in [-0.2, -0.15) is 5.10 Å². The highest BCUT2D eigenvalue weighted by Crippen LogP contribution is 2.29. The third kappa shape index (κ3) is 4.26. The lowest BCUT2D eigenvalue weighted by atomic mass is 10.1. The van der Waals surface area contributed by atoms with Gasteiger partial charge >= 0.3 is 0 Å². The average molecular weight is 371 g/mol. The average Bonchev–Trinajstić information content (AvgIpc) is 3.21. The van der Waals surface area contributed by atoms with E-state index < -0.39 is 0 Å². The second kappa shape index (κ2) is 7.65. The summed E-state index contributed by atoms with van der Waals surface area (Å²) in [6, 6.07) is 5.95. The van der Waals surface area contributed by atoms with E-state index in [-0.39, 0.29) is 18.6 Å². The van der Waals surface area contributed by atoms with Crippen LogP contribution in [0.15, 0.2) is 30.6 Å². The summed E-state index contributed by atoms with van der Waals surface area (Å²) in [5.74, 6) is 0.631. The quantitative estimate of drug-likeness (QED) is 0.718. The van der Waals surface area contributed by atoms with Crippen LogP contribution in [-0.4, -0.2) is 25.9 Å². The summed E-state index contributed by atoms with van der Waals surface area (Å²) in [5.41, 5.74) is 3.29. The molecular weight excluding hydrogens is 350 g/mol. The highest BCUT2D eigenvalue weighted by atomic mass is 32.1. The Morgan fingerprint density at radius 3 is 2.85 bits per heavy atom. The van der Waals surface area contributed by atoms with E-state index >= 15 is 0 Å². The van der Waals surface area contributed by atoms with Crippen LogP contribution in [-0.2, 0) is 11.3 Å². The number of benzene rings is 1. The molecule has 0 unspecified atom stereocenters. The third-order valence-electron chi connectivity index (χ3n) is 3.96. The van der Waals surface area contributed by atoms with E-state index in [1.807, 2.05) is 52.1 Å². The standard InChI is InChI=1S/C18H21N5O2S/c1-11-8-19-23(9-11)10-16(24)20-18-22-21-17(26-18)14(4)25-15-7-5-6-12(2)13(15)3/h5-9,14H,10H2,1-4H3,(H,20,22,24)/t14-/m0/s1. The van der Waals surface area contributed by atoms with Crippen molar-refractivity contribution in [2.45, 2.75) is 40.3 Å². The number of ether oxygens (including phenoxy) is 1. The van der Waals surface area contributed by atoms with Crippen molar-refractivity contribution in [3.63, 3.8) is 0 Å². The summed E-state index contributed by atoms with van der Waals surface area (Å²) in [6.45, 7) is 8.06. The zero-order valence-corrected chi connectivity index (χ0v) is 16.0. The van der Waals surface area contributed by atoms with Gasteiger partial charge in [-0.3, -0.25) is 14.8 Å². The topological polar surface area (TPSA) is 81.9 Å². The molecule has 0 saturated heterocycles. The first-order valence-corrected chi connectivity index (χ1v) is 9.09. The SMILES string of the molecule is Cc1cnn(CC(=O)Nc2nnc([C@H](C)Oc3cccc(C)c3C)s2)c1. The Kier molecular flexibility index (Phi) is 5.32. The lowest BCUT2D eigenvalue weighted by Gasteiger charge is -2.14. The van der Waals surface area contributed by atoms with Crippen molar-refractivity contribution in [2.75, 3.05) is 5.32 Å². The molecule has 0 bridgehead atoms. The van der Waals surface area contributed by atoms with Gasteiger partial charge in [-0.25, -0.2) is 0 Å². The molecule has 136 valence electrons. The van der Waals surface area contributed by atoms with Crippen molar-refractivity contribution in [2.24, 2.45) is 0 Å². The summed E-state index contributed by atoms with van der Waals surface area (Å²) in [7, 11) is 0. The molecule has 0 aliphatic rings. The van der Waals surface area contributed by atoms with E-state index in [4.69, 9.17) is 4.74 Å². The van der Waals surface area contributed by atoms with Crippen molar-refractivity contribution in [3.8, 4) is 5.75 Å². The van der Waals surface area contributed by atoms with E-state index in [1.54, 1.807) is 10.9 Å². The van der Waals surface area contributed by atoms with Gasteiger partial charge in [0.1, 0.15) is 18.4 Å². The van der Waals surface area contributed by atoms with Gasteiger partial charge in [-0.15, -0.1) is 10.2 Å². The number of amides is 1. The molecule has 26 heavy (non-hydrogen) atoms. The van der Waals surface area contributed by atoms with Crippen LogP contribution in [0.4, 0.5) is 5.13 Å². The van der Waals surface area contributed by atoms with Crippen molar-refractivity contribution in [1.82, 2.24) is 20.0 Å². The lowest BCUT2D eigenvalue weighted by molar-refractivity contribution is -0.116. The molecule has 1 N–H and O–H groups in total. The molecule has 7 nitrogen and oxygen atoms in total. The molecule has 3 aromatic rings. The molecule has 3 rings (SSSR count). The third-order valence-corrected chi connectivity index (χ3v) is 4.96. The largest absolute Gasteiger partial charge is 0.483 e. The van der Waals surface area contributed by atoms with E-state index in [0.29, 0.717) is 10.1 Å². The summed E-state index contributed by atoms with van der Waals surface area (Å²) < 4.78 is 7.59. The van der Waals surface area contributed by atoms with Crippen molar-refractivity contribution < 1.29 is 9.53 Å². The van der Waals surface area contributed by atoms with E-state index in [0.717, 1.165) is 16.9 Å². The number of hydrogen-bond acceptors (Lipinski definition) is 6. The van der Waals surface area contributed by atoms with Gasteiger partial charge in [-0.1, -0.05) is 23.5 Å². The number of rotatable bonds is 6. The number of anilines is 1. The fraction of sp³-hybridized carbons (Fsp3) is 0.333. The van der Waals surface area contributed by atoms with Crippen molar-refractivity contribution >= 4 is 22.4 Å². The number of aromatic nitrogens is 4. The molecule has 0 radical (unpaired) electrons. The molecule has 2 heterocycles. The second-order valence-corrected chi connectivity index (χ2v) is 7.18. The Hall–Kier alpha value is -2.74. The predicted molar refractivity (Wildman–Crippen MR) is 100 cm³/mol. The fourth-order valence-corrected chi connectivity index (χ4v) is 3.14. The Balaban J connectivity index is 1.61. The van der Waals surface area contributed by atoms with Gasteiger partial charge in [0.15, 0.2) is 5.01 Å². The van der Waals surface area contributed by atoms with Gasteiger partial charge in [-0.05, 0) is 50.5 Å². The maximum Gasteiger partial charge on any atom is 0.247 e. The molecule has 1 aromatic carbocycles. The molecule has 0 spiro atoms. The monoisotopic (exact) mass is 371 g/mol. The number of hydrogen-bond donors (Lipinski definition) is 1. The van der Waals surface area contributed by atoms with Gasteiger partial charge in [0.05, 0.1) is 6.20 Å². The minimum absolute atomic E-state index is 0.136. The molecule has 8 heteroatoms. The molecule has 1 atom stereocenters. The summed E-state index contributed by atoms with van der Waals surface area (Å²) >= 11 is 1.31. The molecule has 0 aliphatic heterocycles. The number of aryl methyl sites for hydroxylation is 2. The summed E-state index contributed by atoms with van der Waals surface area (Å²) in [4.78, 5) is 12.1. The highest BCUT2D eigenvalue weighted by molar-refractivity contribution is 7.15. The number of carbonyl (C=O) groups excluding carboxylic acids is 1. The Labute approximate surface area is 156 Å². The van der Waals surface area contributed by atoms with Crippen LogP contribution in [0.25, 0.3) is 0 Å². The van der Waals surface area contributed by atoms with Gasteiger partial charge in [0.2, 0.25) is 11.0 Å². The normalized spacial score (nSPS) is 12.0. The van der Waals surface area contributed by atoms with Crippen molar-refractivity contribution in [1.29, 1.82) is 0 Å². The number of carbonyl (C=O) groups is 1. The molecule has 1 amide bonds. The van der Waals surface area contributed by atoms with Gasteiger partial charge in [0, 0.05) is 6.20 Å². The smallest absolute Gasteiger partial charge is 0.247 e. The van der Waals surface area contributed by atoms with Crippen LogP contribution >= 0.6 is 11.3 Å².